The van der Waals surface area contributed by atoms with Crippen molar-refractivity contribution in [3.05, 3.63) is 107 Å². The number of benzene rings is 4. The second kappa shape index (κ2) is 11.3. The van der Waals surface area contributed by atoms with E-state index >= 15 is 0 Å². The van der Waals surface area contributed by atoms with Crippen LogP contribution in [-0.4, -0.2) is 24.2 Å². The summed E-state index contributed by atoms with van der Waals surface area (Å²) in [6, 6.07) is 24.8. The molecule has 0 saturated carbocycles. The predicted molar refractivity (Wildman–Crippen MR) is 140 cm³/mol. The summed E-state index contributed by atoms with van der Waals surface area (Å²) in [5.41, 5.74) is 3.01. The molecule has 182 valence electrons. The Hall–Kier alpha value is -4.52. The van der Waals surface area contributed by atoms with Crippen molar-refractivity contribution in [3.8, 4) is 0 Å². The molecule has 0 aliphatic carbocycles. The van der Waals surface area contributed by atoms with Gasteiger partial charge in [0.15, 0.2) is 0 Å². The zero-order chi connectivity index (χ0) is 25.5. The van der Waals surface area contributed by atoms with Crippen LogP contribution in [0.5, 0.6) is 0 Å². The molecule has 0 heterocycles. The van der Waals surface area contributed by atoms with Crippen molar-refractivity contribution >= 4 is 39.7 Å². The molecule has 0 aromatic heterocycles. The minimum absolute atomic E-state index is 0.0442. The van der Waals surface area contributed by atoms with E-state index in [0.717, 1.165) is 16.3 Å². The van der Waals surface area contributed by atoms with Gasteiger partial charge in [-0.25, -0.2) is 4.39 Å². The number of carbonyl (C=O) groups excluding carboxylic acids is 2. The first-order valence-corrected chi connectivity index (χ1v) is 11.6. The number of carbonyl (C=O) groups is 2. The molecule has 0 saturated heterocycles. The number of nitrogens with one attached hydrogen (secondary N) is 3. The smallest absolute Gasteiger partial charge is 0.311 e. The molecule has 4 aromatic rings. The fraction of sp³-hybridized carbons (Fsp3) is 0.138. The lowest BCUT2D eigenvalue weighted by Crippen LogP contribution is -2.14. The summed E-state index contributed by atoms with van der Waals surface area (Å²) in [6.07, 6.45) is -0.195. The quantitative estimate of drug-likeness (QED) is 0.196. The minimum Gasteiger partial charge on any atom is -0.466 e. The van der Waals surface area contributed by atoms with Crippen molar-refractivity contribution < 1.29 is 18.7 Å². The molecule has 7 heteroatoms. The molecule has 0 radical (unpaired) electrons. The third-order valence-electron chi connectivity index (χ3n) is 5.64. The number of esters is 1. The molecule has 0 aliphatic rings. The zero-order valence-corrected chi connectivity index (χ0v) is 19.8. The van der Waals surface area contributed by atoms with Gasteiger partial charge in [0.1, 0.15) is 5.82 Å². The topological polar surface area (TPSA) is 91.3 Å². The Kier molecular flexibility index (Phi) is 7.70. The molecule has 0 fully saturated rings. The van der Waals surface area contributed by atoms with Gasteiger partial charge in [0.05, 0.1) is 18.7 Å². The summed E-state index contributed by atoms with van der Waals surface area (Å²) in [5, 5.41) is 16.4. The number of fused-ring (bicyclic) bond motifs is 1. The zero-order valence-electron chi connectivity index (χ0n) is 19.8. The number of ether oxygens (including phenoxy) is 1. The van der Waals surface area contributed by atoms with Gasteiger partial charge in [0, 0.05) is 29.0 Å². The SMILES string of the molecule is CCOC(=O)CC(=N)c1ccc(F)cc1NCc1ccc(NC(=O)c2ccc3ccccc3c2)cc1. The van der Waals surface area contributed by atoms with Crippen LogP contribution in [0, 0.1) is 11.2 Å². The second-order valence-electron chi connectivity index (χ2n) is 8.22. The van der Waals surface area contributed by atoms with Crippen molar-refractivity contribution in [2.75, 3.05) is 17.2 Å². The van der Waals surface area contributed by atoms with Crippen LogP contribution in [0.2, 0.25) is 0 Å². The van der Waals surface area contributed by atoms with Gasteiger partial charge in [0.2, 0.25) is 0 Å². The third kappa shape index (κ3) is 6.13. The van der Waals surface area contributed by atoms with Crippen LogP contribution >= 0.6 is 0 Å². The van der Waals surface area contributed by atoms with Crippen LogP contribution in [-0.2, 0) is 16.1 Å². The van der Waals surface area contributed by atoms with Gasteiger partial charge < -0.3 is 20.8 Å². The van der Waals surface area contributed by atoms with Crippen molar-refractivity contribution in [2.45, 2.75) is 19.9 Å². The van der Waals surface area contributed by atoms with Gasteiger partial charge in [-0.15, -0.1) is 0 Å². The lowest BCUT2D eigenvalue weighted by molar-refractivity contribution is -0.141. The molecule has 6 nitrogen and oxygen atoms in total. The highest BCUT2D eigenvalue weighted by Crippen LogP contribution is 2.21. The molecule has 3 N–H and O–H groups in total. The fourth-order valence-corrected chi connectivity index (χ4v) is 3.81. The first kappa shape index (κ1) is 24.6. The van der Waals surface area contributed by atoms with Crippen molar-refractivity contribution in [2.24, 2.45) is 0 Å². The molecular weight excluding hydrogens is 457 g/mol. The van der Waals surface area contributed by atoms with Crippen LogP contribution in [0.15, 0.2) is 84.9 Å². The maximum absolute atomic E-state index is 13.9. The van der Waals surface area contributed by atoms with E-state index in [2.05, 4.69) is 10.6 Å². The first-order chi connectivity index (χ1) is 17.4. The highest BCUT2D eigenvalue weighted by molar-refractivity contribution is 6.10. The minimum atomic E-state index is -0.501. The number of hydrogen-bond acceptors (Lipinski definition) is 5. The molecule has 4 rings (SSSR count). The van der Waals surface area contributed by atoms with E-state index in [1.54, 1.807) is 25.1 Å². The van der Waals surface area contributed by atoms with Crippen LogP contribution in [0.25, 0.3) is 10.8 Å². The Balaban J connectivity index is 1.39. The fourth-order valence-electron chi connectivity index (χ4n) is 3.81. The monoisotopic (exact) mass is 483 g/mol. The Labute approximate surface area is 208 Å². The van der Waals surface area contributed by atoms with Gasteiger partial charge in [-0.2, -0.15) is 0 Å². The highest BCUT2D eigenvalue weighted by Gasteiger charge is 2.14. The lowest BCUT2D eigenvalue weighted by Gasteiger charge is -2.14. The highest BCUT2D eigenvalue weighted by atomic mass is 19.1. The van der Waals surface area contributed by atoms with Crippen molar-refractivity contribution in [3.63, 3.8) is 0 Å². The largest absolute Gasteiger partial charge is 0.466 e. The van der Waals surface area contributed by atoms with Gasteiger partial charge in [-0.05, 0) is 65.7 Å². The first-order valence-electron chi connectivity index (χ1n) is 11.6. The molecular formula is C29H26FN3O3. The second-order valence-corrected chi connectivity index (χ2v) is 8.22. The summed E-state index contributed by atoms with van der Waals surface area (Å²) in [4.78, 5) is 24.4. The molecule has 0 aliphatic heterocycles. The van der Waals surface area contributed by atoms with E-state index in [-0.39, 0.29) is 24.6 Å². The number of amides is 1. The van der Waals surface area contributed by atoms with Gasteiger partial charge >= 0.3 is 5.97 Å². The van der Waals surface area contributed by atoms with Crippen molar-refractivity contribution in [1.82, 2.24) is 0 Å². The molecule has 4 aromatic carbocycles. The molecule has 0 atom stereocenters. The van der Waals surface area contributed by atoms with Crippen LogP contribution in [0.4, 0.5) is 15.8 Å². The summed E-state index contributed by atoms with van der Waals surface area (Å²) in [5.74, 6) is -1.15. The number of halogens is 1. The maximum Gasteiger partial charge on any atom is 0.311 e. The Morgan fingerprint density at radius 1 is 0.917 bits per heavy atom. The van der Waals surface area contributed by atoms with Crippen molar-refractivity contribution in [1.29, 1.82) is 5.41 Å². The van der Waals surface area contributed by atoms with E-state index in [0.29, 0.717) is 29.0 Å². The average molecular weight is 484 g/mol. The molecule has 0 spiro atoms. The van der Waals surface area contributed by atoms with E-state index in [4.69, 9.17) is 10.1 Å². The standard InChI is InChI=1S/C29H26FN3O3/c1-2-36-28(34)17-26(31)25-14-11-23(30)16-27(25)32-18-19-7-12-24(13-8-19)33-29(35)22-10-9-20-5-3-4-6-21(20)15-22/h3-16,31-32H,2,17-18H2,1H3,(H,33,35). The number of hydrogen-bond donors (Lipinski definition) is 3. The van der Waals surface area contributed by atoms with Gasteiger partial charge in [-0.3, -0.25) is 9.59 Å². The van der Waals surface area contributed by atoms with Gasteiger partial charge in [-0.1, -0.05) is 42.5 Å². The summed E-state index contributed by atoms with van der Waals surface area (Å²) in [6.45, 7) is 2.30. The van der Waals surface area contributed by atoms with E-state index < -0.39 is 11.8 Å². The Morgan fingerprint density at radius 2 is 1.67 bits per heavy atom. The number of anilines is 2. The molecule has 36 heavy (non-hydrogen) atoms. The van der Waals surface area contributed by atoms with E-state index in [9.17, 15) is 14.0 Å². The van der Waals surface area contributed by atoms with E-state index in [1.807, 2.05) is 48.5 Å². The molecule has 0 unspecified atom stereocenters. The number of rotatable bonds is 9. The average Bonchev–Trinajstić information content (AvgIpc) is 2.88. The predicted octanol–water partition coefficient (Wildman–Crippen LogP) is 6.16. The van der Waals surface area contributed by atoms with Crippen LogP contribution < -0.4 is 10.6 Å². The Morgan fingerprint density at radius 3 is 2.42 bits per heavy atom. The normalized spacial score (nSPS) is 10.6. The summed E-state index contributed by atoms with van der Waals surface area (Å²) < 4.78 is 18.8. The lowest BCUT2D eigenvalue weighted by atomic mass is 10.0. The van der Waals surface area contributed by atoms with Crippen LogP contribution in [0.1, 0.15) is 34.8 Å². The molecule has 0 bridgehead atoms. The van der Waals surface area contributed by atoms with E-state index in [1.165, 1.54) is 18.2 Å². The third-order valence-corrected chi connectivity index (χ3v) is 5.64. The van der Waals surface area contributed by atoms with Crippen LogP contribution in [0.3, 0.4) is 0 Å². The van der Waals surface area contributed by atoms with Gasteiger partial charge in [0.25, 0.3) is 5.91 Å². The Bertz CT molecular complexity index is 1420. The maximum atomic E-state index is 13.9. The summed E-state index contributed by atoms with van der Waals surface area (Å²) >= 11 is 0. The summed E-state index contributed by atoms with van der Waals surface area (Å²) in [7, 11) is 0. The molecule has 1 amide bonds.